The number of aliphatic hydroxyl groups is 1. The predicted molar refractivity (Wildman–Crippen MR) is 90.2 cm³/mol. The molecule has 1 atom stereocenters. The van der Waals surface area contributed by atoms with E-state index in [-0.39, 0.29) is 18.7 Å². The Bertz CT molecular complexity index is 476. The number of nitrogens with zero attached hydrogens (tertiary/aromatic N) is 1. The molecule has 1 unspecified atom stereocenters. The Kier molecular flexibility index (Phi) is 6.67. The van der Waals surface area contributed by atoms with Gasteiger partial charge in [0.05, 0.1) is 0 Å². The summed E-state index contributed by atoms with van der Waals surface area (Å²) in [7, 11) is 0. The van der Waals surface area contributed by atoms with Crippen molar-refractivity contribution in [2.24, 2.45) is 5.92 Å². The maximum atomic E-state index is 11.9. The average Bonchev–Trinajstić information content (AvgIpc) is 2.94. The quantitative estimate of drug-likeness (QED) is 0.716. The number of aliphatic hydroxyl groups excluding tert-OH is 1. The van der Waals surface area contributed by atoms with Crippen LogP contribution in [0.1, 0.15) is 30.7 Å². The van der Waals surface area contributed by atoms with Crippen molar-refractivity contribution in [3.05, 3.63) is 21.9 Å². The van der Waals surface area contributed by atoms with Crippen molar-refractivity contribution in [2.45, 2.75) is 39.3 Å². The molecule has 0 radical (unpaired) electrons. The molecule has 5 nitrogen and oxygen atoms in total. The maximum absolute atomic E-state index is 11.9. The summed E-state index contributed by atoms with van der Waals surface area (Å²) in [5.74, 6) is 0.317. The van der Waals surface area contributed by atoms with Gasteiger partial charge in [-0.25, -0.2) is 4.79 Å². The van der Waals surface area contributed by atoms with Gasteiger partial charge in [0.1, 0.15) is 0 Å². The monoisotopic (exact) mass is 325 g/mol. The molecule has 0 spiro atoms. The molecule has 0 aliphatic carbocycles. The topological polar surface area (TPSA) is 64.6 Å². The van der Waals surface area contributed by atoms with Crippen LogP contribution in [0.2, 0.25) is 0 Å². The highest BCUT2D eigenvalue weighted by Gasteiger charge is 2.18. The lowest BCUT2D eigenvalue weighted by molar-refractivity contribution is 0.214. The number of rotatable bonds is 7. The molecular weight excluding hydrogens is 298 g/mol. The standard InChI is InChI=1S/C16H27N3O2S/c1-12(2)14(4-9-20)18-16(21)17-6-8-19-7-3-15-13(11-19)5-10-22-15/h5,10,12,14,20H,3-4,6-9,11H2,1-2H3,(H2,17,18,21). The Morgan fingerprint density at radius 2 is 2.32 bits per heavy atom. The van der Waals surface area contributed by atoms with Crippen LogP contribution < -0.4 is 10.6 Å². The smallest absolute Gasteiger partial charge is 0.315 e. The Hall–Kier alpha value is -1.11. The Morgan fingerprint density at radius 1 is 1.50 bits per heavy atom. The zero-order valence-corrected chi connectivity index (χ0v) is 14.3. The van der Waals surface area contributed by atoms with Gasteiger partial charge in [-0.05, 0) is 35.8 Å². The van der Waals surface area contributed by atoms with Gasteiger partial charge in [0, 0.05) is 43.7 Å². The van der Waals surface area contributed by atoms with Crippen LogP contribution in [0, 0.1) is 5.92 Å². The van der Waals surface area contributed by atoms with E-state index in [1.54, 1.807) is 0 Å². The molecule has 2 heterocycles. The van der Waals surface area contributed by atoms with Crippen LogP contribution in [0.4, 0.5) is 4.79 Å². The second kappa shape index (κ2) is 8.50. The number of nitrogens with one attached hydrogen (secondary N) is 2. The van der Waals surface area contributed by atoms with Gasteiger partial charge in [-0.15, -0.1) is 11.3 Å². The number of amides is 2. The first-order chi connectivity index (χ1) is 10.6. The van der Waals surface area contributed by atoms with Crippen molar-refractivity contribution in [3.63, 3.8) is 0 Å². The second-order valence-corrected chi connectivity index (χ2v) is 7.16. The number of carbonyl (C=O) groups is 1. The van der Waals surface area contributed by atoms with Crippen molar-refractivity contribution in [2.75, 3.05) is 26.2 Å². The number of fused-ring (bicyclic) bond motifs is 1. The Labute approximate surface area is 136 Å². The molecule has 3 N–H and O–H groups in total. The summed E-state index contributed by atoms with van der Waals surface area (Å²) in [6.07, 6.45) is 1.71. The lowest BCUT2D eigenvalue weighted by atomic mass is 10.0. The van der Waals surface area contributed by atoms with E-state index in [4.69, 9.17) is 5.11 Å². The SMILES string of the molecule is CC(C)C(CCO)NC(=O)NCCN1CCc2sccc2C1. The molecular formula is C16H27N3O2S. The molecule has 1 aliphatic rings. The van der Waals surface area contributed by atoms with Crippen molar-refractivity contribution in [1.29, 1.82) is 0 Å². The zero-order valence-electron chi connectivity index (χ0n) is 13.5. The van der Waals surface area contributed by atoms with Gasteiger partial charge in [-0.1, -0.05) is 13.8 Å². The van der Waals surface area contributed by atoms with E-state index in [1.807, 2.05) is 25.2 Å². The Balaban J connectivity index is 1.67. The highest BCUT2D eigenvalue weighted by atomic mass is 32.1. The fourth-order valence-electron chi connectivity index (χ4n) is 2.76. The van der Waals surface area contributed by atoms with E-state index < -0.39 is 0 Å². The van der Waals surface area contributed by atoms with Gasteiger partial charge in [0.15, 0.2) is 0 Å². The molecule has 0 saturated carbocycles. The first-order valence-electron chi connectivity index (χ1n) is 8.03. The third kappa shape index (κ3) is 4.97. The fraction of sp³-hybridized carbons (Fsp3) is 0.688. The van der Waals surface area contributed by atoms with E-state index in [9.17, 15) is 4.79 Å². The maximum Gasteiger partial charge on any atom is 0.315 e. The van der Waals surface area contributed by atoms with Gasteiger partial charge in [-0.2, -0.15) is 0 Å². The van der Waals surface area contributed by atoms with Crippen LogP contribution in [-0.2, 0) is 13.0 Å². The summed E-state index contributed by atoms with van der Waals surface area (Å²) in [5.41, 5.74) is 1.43. The summed E-state index contributed by atoms with van der Waals surface area (Å²) in [6.45, 7) is 7.76. The number of urea groups is 1. The molecule has 1 aliphatic heterocycles. The van der Waals surface area contributed by atoms with Crippen LogP contribution in [0.5, 0.6) is 0 Å². The van der Waals surface area contributed by atoms with Gasteiger partial charge in [0.2, 0.25) is 0 Å². The predicted octanol–water partition coefficient (Wildman–Crippen LogP) is 1.81. The molecule has 2 amide bonds. The summed E-state index contributed by atoms with van der Waals surface area (Å²) in [5, 5.41) is 17.0. The molecule has 2 rings (SSSR count). The fourth-order valence-corrected chi connectivity index (χ4v) is 3.65. The highest BCUT2D eigenvalue weighted by Crippen LogP contribution is 2.23. The minimum Gasteiger partial charge on any atom is -0.396 e. The normalized spacial score (nSPS) is 16.4. The van der Waals surface area contributed by atoms with Gasteiger partial charge in [0.25, 0.3) is 0 Å². The molecule has 6 heteroatoms. The van der Waals surface area contributed by atoms with Crippen molar-refractivity contribution in [1.82, 2.24) is 15.5 Å². The first-order valence-corrected chi connectivity index (χ1v) is 8.91. The average molecular weight is 325 g/mol. The molecule has 0 saturated heterocycles. The molecule has 0 aromatic carbocycles. The lowest BCUT2D eigenvalue weighted by Gasteiger charge is -2.27. The van der Waals surface area contributed by atoms with E-state index in [0.29, 0.717) is 18.9 Å². The first kappa shape index (κ1) is 17.2. The van der Waals surface area contributed by atoms with Crippen LogP contribution in [0.15, 0.2) is 11.4 Å². The van der Waals surface area contributed by atoms with E-state index >= 15 is 0 Å². The largest absolute Gasteiger partial charge is 0.396 e. The van der Waals surface area contributed by atoms with Crippen molar-refractivity contribution in [3.8, 4) is 0 Å². The van der Waals surface area contributed by atoms with E-state index in [0.717, 1.165) is 26.1 Å². The number of hydrogen-bond acceptors (Lipinski definition) is 4. The Morgan fingerprint density at radius 3 is 3.05 bits per heavy atom. The van der Waals surface area contributed by atoms with Crippen LogP contribution in [0.3, 0.4) is 0 Å². The number of hydrogen-bond donors (Lipinski definition) is 3. The lowest BCUT2D eigenvalue weighted by Crippen LogP contribution is -2.47. The van der Waals surface area contributed by atoms with Crippen molar-refractivity contribution < 1.29 is 9.90 Å². The molecule has 1 aromatic heterocycles. The molecule has 0 fully saturated rings. The third-order valence-electron chi connectivity index (χ3n) is 4.16. The van der Waals surface area contributed by atoms with Gasteiger partial charge in [-0.3, -0.25) is 4.90 Å². The number of thiophene rings is 1. The van der Waals surface area contributed by atoms with Crippen LogP contribution in [-0.4, -0.2) is 48.3 Å². The van der Waals surface area contributed by atoms with Crippen LogP contribution >= 0.6 is 11.3 Å². The number of carbonyl (C=O) groups excluding carboxylic acids is 1. The van der Waals surface area contributed by atoms with Gasteiger partial charge < -0.3 is 15.7 Å². The molecule has 124 valence electrons. The zero-order chi connectivity index (χ0) is 15.9. The minimum atomic E-state index is -0.139. The summed E-state index contributed by atoms with van der Waals surface area (Å²) >= 11 is 1.84. The van der Waals surface area contributed by atoms with Crippen LogP contribution in [0.25, 0.3) is 0 Å². The highest BCUT2D eigenvalue weighted by molar-refractivity contribution is 7.10. The summed E-state index contributed by atoms with van der Waals surface area (Å²) < 4.78 is 0. The molecule has 0 bridgehead atoms. The minimum absolute atomic E-state index is 0.0216. The summed E-state index contributed by atoms with van der Waals surface area (Å²) in [4.78, 5) is 15.8. The molecule has 1 aromatic rings. The van der Waals surface area contributed by atoms with E-state index in [1.165, 1.54) is 10.4 Å². The third-order valence-corrected chi connectivity index (χ3v) is 5.18. The van der Waals surface area contributed by atoms with Crippen molar-refractivity contribution >= 4 is 17.4 Å². The second-order valence-electron chi connectivity index (χ2n) is 6.16. The van der Waals surface area contributed by atoms with Gasteiger partial charge >= 0.3 is 6.03 Å². The molecule has 22 heavy (non-hydrogen) atoms. The van der Waals surface area contributed by atoms with E-state index in [2.05, 4.69) is 27.0 Å². The summed E-state index contributed by atoms with van der Waals surface area (Å²) in [6, 6.07) is 2.09.